The Bertz CT molecular complexity index is 479. The third-order valence-electron chi connectivity index (χ3n) is 3.07. The lowest BCUT2D eigenvalue weighted by Crippen LogP contribution is -2.47. The maximum atomic E-state index is 11.7. The number of thioether (sulfide) groups is 1. The van der Waals surface area contributed by atoms with Gasteiger partial charge in [0.1, 0.15) is 6.04 Å². The number of hydrogen-bond acceptors (Lipinski definition) is 6. The van der Waals surface area contributed by atoms with Crippen LogP contribution < -0.4 is 11.1 Å². The zero-order chi connectivity index (χ0) is 15.4. The van der Waals surface area contributed by atoms with Gasteiger partial charge in [0.2, 0.25) is 5.91 Å². The van der Waals surface area contributed by atoms with Crippen molar-refractivity contribution in [2.75, 3.05) is 23.0 Å². The van der Waals surface area contributed by atoms with Gasteiger partial charge in [-0.2, -0.15) is 11.8 Å². The van der Waals surface area contributed by atoms with E-state index in [4.69, 9.17) is 10.8 Å². The first kappa shape index (κ1) is 17.3. The molecule has 0 bridgehead atoms. The summed E-state index contributed by atoms with van der Waals surface area (Å²) in [5.41, 5.74) is 4.65. The predicted molar refractivity (Wildman–Crippen MR) is 77.4 cm³/mol. The molecule has 0 aromatic heterocycles. The molecule has 0 spiro atoms. The number of nitrogens with one attached hydrogen (secondary N) is 1. The number of carboxylic acid groups (broad SMARTS) is 1. The van der Waals surface area contributed by atoms with E-state index in [9.17, 15) is 18.0 Å². The summed E-state index contributed by atoms with van der Waals surface area (Å²) in [6.07, 6.45) is 0.717. The van der Waals surface area contributed by atoms with Crippen molar-refractivity contribution in [3.8, 4) is 0 Å². The van der Waals surface area contributed by atoms with Crippen LogP contribution in [0.15, 0.2) is 0 Å². The normalized spacial score (nSPS) is 26.1. The van der Waals surface area contributed by atoms with Crippen molar-refractivity contribution < 1.29 is 23.1 Å². The fourth-order valence-corrected chi connectivity index (χ4v) is 4.90. The zero-order valence-corrected chi connectivity index (χ0v) is 12.9. The molecule has 1 heterocycles. The van der Waals surface area contributed by atoms with Crippen molar-refractivity contribution in [3.05, 3.63) is 0 Å². The zero-order valence-electron chi connectivity index (χ0n) is 11.3. The minimum absolute atomic E-state index is 0.0275. The average Bonchev–Trinajstić information content (AvgIpc) is 2.58. The number of aliphatic carboxylic acids is 1. The highest BCUT2D eigenvalue weighted by Gasteiger charge is 2.39. The molecule has 1 aliphatic rings. The van der Waals surface area contributed by atoms with E-state index in [1.807, 2.05) is 0 Å². The molecule has 2 unspecified atom stereocenters. The molecule has 1 amide bonds. The third-order valence-corrected chi connectivity index (χ3v) is 5.96. The van der Waals surface area contributed by atoms with Gasteiger partial charge in [-0.25, -0.2) is 8.42 Å². The van der Waals surface area contributed by atoms with Gasteiger partial charge in [-0.05, 0) is 25.5 Å². The summed E-state index contributed by atoms with van der Waals surface area (Å²) in [5, 5.41) is 11.3. The number of sulfone groups is 1. The fourth-order valence-electron chi connectivity index (χ4n) is 1.98. The minimum atomic E-state index is -3.05. The van der Waals surface area contributed by atoms with Gasteiger partial charge in [-0.15, -0.1) is 0 Å². The van der Waals surface area contributed by atoms with Crippen LogP contribution in [-0.2, 0) is 19.4 Å². The topological polar surface area (TPSA) is 127 Å². The molecule has 116 valence electrons. The van der Waals surface area contributed by atoms with Crippen molar-refractivity contribution in [2.24, 2.45) is 5.73 Å². The van der Waals surface area contributed by atoms with Gasteiger partial charge in [-0.3, -0.25) is 9.59 Å². The van der Waals surface area contributed by atoms with E-state index < -0.39 is 27.4 Å². The summed E-state index contributed by atoms with van der Waals surface area (Å²) in [7, 11) is -3.05. The Balaban J connectivity index is 2.26. The van der Waals surface area contributed by atoms with Crippen molar-refractivity contribution in [2.45, 2.75) is 31.3 Å². The van der Waals surface area contributed by atoms with Crippen LogP contribution in [0.1, 0.15) is 19.8 Å². The lowest BCUT2D eigenvalue weighted by atomic mass is 10.0. The van der Waals surface area contributed by atoms with E-state index in [1.54, 1.807) is 6.92 Å². The molecule has 1 rings (SSSR count). The first-order chi connectivity index (χ1) is 9.14. The van der Waals surface area contributed by atoms with Gasteiger partial charge < -0.3 is 16.2 Å². The second kappa shape index (κ2) is 6.77. The molecule has 9 heteroatoms. The standard InChI is InChI=1S/C11H20N2O5S2/c1-11(3-5-20(17,18)7-11)13-9(14)6-19-4-2-8(12)10(15)16/h8H,2-7,12H2,1H3,(H,13,14)(H,15,16). The summed E-state index contributed by atoms with van der Waals surface area (Å²) < 4.78 is 22.8. The van der Waals surface area contributed by atoms with Crippen LogP contribution in [0.25, 0.3) is 0 Å². The van der Waals surface area contributed by atoms with Gasteiger partial charge in [0.25, 0.3) is 0 Å². The van der Waals surface area contributed by atoms with Gasteiger partial charge in [0.05, 0.1) is 22.8 Å². The molecule has 20 heavy (non-hydrogen) atoms. The number of carboxylic acids is 1. The van der Waals surface area contributed by atoms with Crippen LogP contribution in [0.5, 0.6) is 0 Å². The second-order valence-electron chi connectivity index (χ2n) is 5.24. The molecule has 1 aliphatic heterocycles. The van der Waals surface area contributed by atoms with Crippen molar-refractivity contribution in [1.82, 2.24) is 5.32 Å². The lowest BCUT2D eigenvalue weighted by molar-refractivity contribution is -0.138. The van der Waals surface area contributed by atoms with Crippen molar-refractivity contribution in [1.29, 1.82) is 0 Å². The Hall–Kier alpha value is -0.800. The number of carbonyl (C=O) groups is 2. The largest absolute Gasteiger partial charge is 0.480 e. The van der Waals surface area contributed by atoms with Gasteiger partial charge in [0.15, 0.2) is 9.84 Å². The first-order valence-corrected chi connectivity index (χ1v) is 9.19. The Morgan fingerprint density at radius 3 is 2.65 bits per heavy atom. The van der Waals surface area contributed by atoms with E-state index in [-0.39, 0.29) is 23.2 Å². The molecule has 1 fully saturated rings. The van der Waals surface area contributed by atoms with Crippen LogP contribution in [0.2, 0.25) is 0 Å². The SMILES string of the molecule is CC1(NC(=O)CSCCC(N)C(=O)O)CCS(=O)(=O)C1. The molecule has 0 saturated carbocycles. The van der Waals surface area contributed by atoms with Crippen LogP contribution in [0.4, 0.5) is 0 Å². The highest BCUT2D eigenvalue weighted by molar-refractivity contribution is 7.99. The highest BCUT2D eigenvalue weighted by Crippen LogP contribution is 2.22. The Kier molecular flexibility index (Phi) is 5.84. The highest BCUT2D eigenvalue weighted by atomic mass is 32.2. The summed E-state index contributed by atoms with van der Waals surface area (Å²) in [4.78, 5) is 22.2. The molecule has 1 saturated heterocycles. The molecular formula is C11H20N2O5S2. The predicted octanol–water partition coefficient (Wildman–Crippen LogP) is -0.785. The maximum absolute atomic E-state index is 11.7. The minimum Gasteiger partial charge on any atom is -0.480 e. The van der Waals surface area contributed by atoms with E-state index in [2.05, 4.69) is 5.32 Å². The number of carbonyl (C=O) groups excluding carboxylic acids is 1. The first-order valence-electron chi connectivity index (χ1n) is 6.21. The fraction of sp³-hybridized carbons (Fsp3) is 0.818. The molecule has 2 atom stereocenters. The quantitative estimate of drug-likeness (QED) is 0.524. The summed E-state index contributed by atoms with van der Waals surface area (Å²) in [6, 6.07) is -0.914. The van der Waals surface area contributed by atoms with Crippen LogP contribution in [0, 0.1) is 0 Å². The van der Waals surface area contributed by atoms with E-state index >= 15 is 0 Å². The van der Waals surface area contributed by atoms with E-state index in [1.165, 1.54) is 11.8 Å². The second-order valence-corrected chi connectivity index (χ2v) is 8.53. The summed E-state index contributed by atoms with van der Waals surface area (Å²) in [6.45, 7) is 1.72. The van der Waals surface area contributed by atoms with Crippen LogP contribution in [0.3, 0.4) is 0 Å². The summed E-state index contributed by atoms with van der Waals surface area (Å²) in [5.74, 6) is -0.583. The van der Waals surface area contributed by atoms with Gasteiger partial charge in [-0.1, -0.05) is 0 Å². The summed E-state index contributed by atoms with van der Waals surface area (Å²) >= 11 is 1.28. The lowest BCUT2D eigenvalue weighted by Gasteiger charge is -2.23. The molecule has 7 nitrogen and oxygen atoms in total. The van der Waals surface area contributed by atoms with Gasteiger partial charge >= 0.3 is 5.97 Å². The molecule has 0 radical (unpaired) electrons. The maximum Gasteiger partial charge on any atom is 0.320 e. The van der Waals surface area contributed by atoms with E-state index in [0.717, 1.165) is 0 Å². The number of nitrogens with two attached hydrogens (primary N) is 1. The van der Waals surface area contributed by atoms with Crippen LogP contribution in [-0.4, -0.2) is 60.0 Å². The molecular weight excluding hydrogens is 304 g/mol. The monoisotopic (exact) mass is 324 g/mol. The van der Waals surface area contributed by atoms with Gasteiger partial charge in [0, 0.05) is 0 Å². The van der Waals surface area contributed by atoms with Crippen LogP contribution >= 0.6 is 11.8 Å². The molecule has 4 N–H and O–H groups in total. The van der Waals surface area contributed by atoms with Crippen molar-refractivity contribution in [3.63, 3.8) is 0 Å². The Morgan fingerprint density at radius 2 is 2.15 bits per heavy atom. The Morgan fingerprint density at radius 1 is 1.50 bits per heavy atom. The molecule has 0 aliphatic carbocycles. The van der Waals surface area contributed by atoms with Crippen molar-refractivity contribution >= 4 is 33.5 Å². The smallest absolute Gasteiger partial charge is 0.320 e. The average molecular weight is 324 g/mol. The van der Waals surface area contributed by atoms with E-state index in [0.29, 0.717) is 18.6 Å². The third kappa shape index (κ3) is 5.68. The number of amides is 1. The molecule has 0 aromatic carbocycles. The number of rotatable bonds is 7. The Labute approximate surface area is 122 Å². The number of hydrogen-bond donors (Lipinski definition) is 3. The molecule has 0 aromatic rings.